The summed E-state index contributed by atoms with van der Waals surface area (Å²) in [5.41, 5.74) is 6.22. The van der Waals surface area contributed by atoms with Gasteiger partial charge >= 0.3 is 0 Å². The van der Waals surface area contributed by atoms with Crippen LogP contribution in [0, 0.1) is 10.8 Å². The van der Waals surface area contributed by atoms with E-state index in [0.717, 1.165) is 50.1 Å². The van der Waals surface area contributed by atoms with Gasteiger partial charge in [0.2, 0.25) is 10.0 Å². The number of aliphatic hydroxyl groups excluding tert-OH is 1. The molecule has 1 heterocycles. The molecule has 0 aromatic heterocycles. The van der Waals surface area contributed by atoms with Gasteiger partial charge in [-0.15, -0.1) is 0 Å². The highest BCUT2D eigenvalue weighted by atomic mass is 32.2. The van der Waals surface area contributed by atoms with Gasteiger partial charge < -0.3 is 15.3 Å². The van der Waals surface area contributed by atoms with Crippen LogP contribution in [0.3, 0.4) is 0 Å². The average Bonchev–Trinajstić information content (AvgIpc) is 3.78. The van der Waals surface area contributed by atoms with E-state index in [1.54, 1.807) is 18.2 Å². The Morgan fingerprint density at radius 2 is 1.72 bits per heavy atom. The van der Waals surface area contributed by atoms with Gasteiger partial charge in [0.05, 0.1) is 29.3 Å². The number of hydrogen-bond donors (Lipinski definition) is 3. The van der Waals surface area contributed by atoms with Crippen LogP contribution in [-0.2, 0) is 22.9 Å². The van der Waals surface area contributed by atoms with E-state index in [4.69, 9.17) is 5.11 Å². The van der Waals surface area contributed by atoms with Crippen LogP contribution in [0.4, 0.5) is 17.1 Å². The summed E-state index contributed by atoms with van der Waals surface area (Å²) in [6, 6.07) is 11.4. The minimum Gasteiger partial charge on any atom is -0.395 e. The zero-order valence-corrected chi connectivity index (χ0v) is 21.5. The number of amides is 1. The molecule has 2 aromatic rings. The van der Waals surface area contributed by atoms with Crippen LogP contribution in [0.5, 0.6) is 0 Å². The molecule has 2 saturated carbocycles. The fourth-order valence-electron chi connectivity index (χ4n) is 6.19. The molecule has 0 atom stereocenters. The van der Waals surface area contributed by atoms with Gasteiger partial charge in [-0.2, -0.15) is 0 Å². The number of nitrogens with one attached hydrogen (secondary N) is 2. The molecule has 1 saturated heterocycles. The Kier molecular flexibility index (Phi) is 5.80. The largest absolute Gasteiger partial charge is 0.395 e. The lowest BCUT2D eigenvalue weighted by Crippen LogP contribution is -2.36. The second kappa shape index (κ2) is 8.77. The predicted octanol–water partition coefficient (Wildman–Crippen LogP) is 4.32. The van der Waals surface area contributed by atoms with Crippen LogP contribution >= 0.6 is 0 Å². The number of nitrogens with zero attached hydrogens (tertiary/aromatic N) is 1. The lowest BCUT2D eigenvalue weighted by atomic mass is 9.81. The summed E-state index contributed by atoms with van der Waals surface area (Å²) in [7, 11) is -3.66. The predicted molar refractivity (Wildman–Crippen MR) is 142 cm³/mol. The molecular weight excluding hydrogens is 474 g/mol. The van der Waals surface area contributed by atoms with E-state index in [1.807, 2.05) is 12.1 Å². The number of hydrogen-bond acceptors (Lipinski definition) is 5. The van der Waals surface area contributed by atoms with Crippen molar-refractivity contribution in [1.29, 1.82) is 0 Å². The van der Waals surface area contributed by atoms with Crippen molar-refractivity contribution in [3.63, 3.8) is 0 Å². The lowest BCUT2D eigenvalue weighted by molar-refractivity contribution is 0.102. The molecule has 0 bridgehead atoms. The van der Waals surface area contributed by atoms with Crippen molar-refractivity contribution >= 4 is 33.0 Å². The summed E-state index contributed by atoms with van der Waals surface area (Å²) in [5, 5.41) is 12.3. The Labute approximate surface area is 213 Å². The first-order chi connectivity index (χ1) is 17.3. The van der Waals surface area contributed by atoms with Gasteiger partial charge in [0.25, 0.3) is 5.91 Å². The van der Waals surface area contributed by atoms with Crippen molar-refractivity contribution in [2.24, 2.45) is 10.8 Å². The molecular formula is C28H35N3O4S. The van der Waals surface area contributed by atoms with Gasteiger partial charge in [0.15, 0.2) is 0 Å². The molecule has 1 aliphatic heterocycles. The zero-order chi connectivity index (χ0) is 25.0. The van der Waals surface area contributed by atoms with E-state index < -0.39 is 16.6 Å². The zero-order valence-electron chi connectivity index (χ0n) is 20.7. The molecule has 3 aliphatic carbocycles. The number of rotatable bonds is 7. The van der Waals surface area contributed by atoms with Gasteiger partial charge in [-0.25, -0.2) is 8.42 Å². The van der Waals surface area contributed by atoms with Crippen LogP contribution in [0.1, 0.15) is 66.4 Å². The average molecular weight is 510 g/mol. The number of benzene rings is 2. The monoisotopic (exact) mass is 509 g/mol. The summed E-state index contributed by atoms with van der Waals surface area (Å²) in [6.45, 7) is 1.27. The Balaban J connectivity index is 1.28. The number of sulfonamides is 1. The maximum atomic E-state index is 13.6. The molecule has 36 heavy (non-hydrogen) atoms. The summed E-state index contributed by atoms with van der Waals surface area (Å²) >= 11 is 0. The molecule has 2 spiro atoms. The molecule has 4 aliphatic rings. The lowest BCUT2D eigenvalue weighted by Gasteiger charge is -2.35. The number of aliphatic hydroxyl groups is 1. The van der Waals surface area contributed by atoms with Crippen molar-refractivity contribution in [1.82, 2.24) is 0 Å². The first-order valence-electron chi connectivity index (χ1n) is 13.2. The van der Waals surface area contributed by atoms with Crippen LogP contribution in [0.2, 0.25) is 0 Å². The smallest absolute Gasteiger partial charge is 0.257 e. The Morgan fingerprint density at radius 1 is 0.972 bits per heavy atom. The molecule has 2 aromatic carbocycles. The maximum absolute atomic E-state index is 13.6. The van der Waals surface area contributed by atoms with Gasteiger partial charge in [-0.1, -0.05) is 12.1 Å². The van der Waals surface area contributed by atoms with E-state index in [9.17, 15) is 13.2 Å². The van der Waals surface area contributed by atoms with Crippen molar-refractivity contribution in [2.75, 3.05) is 40.4 Å². The van der Waals surface area contributed by atoms with Crippen molar-refractivity contribution < 1.29 is 18.3 Å². The number of anilines is 3. The number of fused-ring (bicyclic) bond motifs is 1. The van der Waals surface area contributed by atoms with Gasteiger partial charge in [0, 0.05) is 18.8 Å². The molecule has 3 N–H and O–H groups in total. The quantitative estimate of drug-likeness (QED) is 0.516. The van der Waals surface area contributed by atoms with Crippen LogP contribution < -0.4 is 14.9 Å². The standard InChI is InChI=1S/C28H35N3O4S/c32-16-17-36(34,35)30-21-4-5-23(25(18-21)31-14-12-27(8-9-27)13-15-31)26(33)29-24-3-1-2-20-19-28(10-11-28)7-6-22(20)24/h1-5,18,30,32H,6-17,19H2,(H,29,33). The summed E-state index contributed by atoms with van der Waals surface area (Å²) in [6.07, 6.45) is 10.7. The van der Waals surface area contributed by atoms with Crippen LogP contribution in [0.15, 0.2) is 36.4 Å². The van der Waals surface area contributed by atoms with E-state index in [-0.39, 0.29) is 11.7 Å². The number of carbonyl (C=O) groups excluding carboxylic acids is 1. The fraction of sp³-hybridized carbons (Fsp3) is 0.536. The summed E-state index contributed by atoms with van der Waals surface area (Å²) in [5.74, 6) is -0.529. The van der Waals surface area contributed by atoms with E-state index in [2.05, 4.69) is 21.0 Å². The highest BCUT2D eigenvalue weighted by Crippen LogP contribution is 2.55. The number of piperidine rings is 1. The van der Waals surface area contributed by atoms with Crippen molar-refractivity contribution in [3.05, 3.63) is 53.1 Å². The second-order valence-corrected chi connectivity index (χ2v) is 13.3. The first-order valence-corrected chi connectivity index (χ1v) is 14.9. The van der Waals surface area contributed by atoms with E-state index in [1.165, 1.54) is 43.2 Å². The van der Waals surface area contributed by atoms with Crippen molar-refractivity contribution in [2.45, 2.75) is 57.8 Å². The van der Waals surface area contributed by atoms with E-state index >= 15 is 0 Å². The van der Waals surface area contributed by atoms with Gasteiger partial charge in [-0.3, -0.25) is 9.52 Å². The molecule has 3 fully saturated rings. The van der Waals surface area contributed by atoms with E-state index in [0.29, 0.717) is 22.1 Å². The molecule has 192 valence electrons. The Morgan fingerprint density at radius 3 is 2.42 bits per heavy atom. The molecule has 0 radical (unpaired) electrons. The highest BCUT2D eigenvalue weighted by molar-refractivity contribution is 7.92. The third-order valence-electron chi connectivity index (χ3n) is 8.95. The summed E-state index contributed by atoms with van der Waals surface area (Å²) in [4.78, 5) is 15.9. The SMILES string of the molecule is O=C(Nc1cccc2c1CCC1(CC1)C2)c1ccc(NS(=O)(=O)CCO)cc1N1CCC2(CC1)CC2. The maximum Gasteiger partial charge on any atom is 0.257 e. The van der Waals surface area contributed by atoms with Crippen LogP contribution in [-0.4, -0.2) is 44.9 Å². The minimum absolute atomic E-state index is 0.165. The molecule has 6 rings (SSSR count). The first kappa shape index (κ1) is 23.8. The van der Waals surface area contributed by atoms with Gasteiger partial charge in [0.1, 0.15) is 0 Å². The third-order valence-corrected chi connectivity index (χ3v) is 10.2. The Bertz CT molecular complexity index is 1290. The third kappa shape index (κ3) is 4.73. The molecule has 1 amide bonds. The highest BCUT2D eigenvalue weighted by Gasteiger charge is 2.45. The molecule has 8 heteroatoms. The Hall–Kier alpha value is -2.58. The molecule has 7 nitrogen and oxygen atoms in total. The fourth-order valence-corrected chi connectivity index (χ4v) is 7.02. The van der Waals surface area contributed by atoms with Crippen LogP contribution in [0.25, 0.3) is 0 Å². The summed E-state index contributed by atoms with van der Waals surface area (Å²) < 4.78 is 27.1. The number of carbonyl (C=O) groups is 1. The molecule has 0 unspecified atom stereocenters. The minimum atomic E-state index is -3.66. The van der Waals surface area contributed by atoms with Crippen molar-refractivity contribution in [3.8, 4) is 0 Å². The normalized spacial score (nSPS) is 21.2. The van der Waals surface area contributed by atoms with Gasteiger partial charge in [-0.05, 0) is 104 Å². The second-order valence-electron chi connectivity index (χ2n) is 11.4. The topological polar surface area (TPSA) is 98.7 Å².